The third-order valence-electron chi connectivity index (χ3n) is 7.39. The van der Waals surface area contributed by atoms with E-state index in [4.69, 9.17) is 0 Å². The Morgan fingerprint density at radius 1 is 1.03 bits per heavy atom. The highest BCUT2D eigenvalue weighted by Crippen LogP contribution is 2.27. The van der Waals surface area contributed by atoms with Gasteiger partial charge in [-0.3, -0.25) is 14.6 Å². The second-order valence-corrected chi connectivity index (χ2v) is 9.88. The molecule has 3 heterocycles. The van der Waals surface area contributed by atoms with Gasteiger partial charge in [-0.25, -0.2) is 0 Å². The summed E-state index contributed by atoms with van der Waals surface area (Å²) in [7, 11) is 0. The Morgan fingerprint density at radius 2 is 1.81 bits per heavy atom. The molecule has 0 spiro atoms. The largest absolute Gasteiger partial charge is 0.349 e. The minimum Gasteiger partial charge on any atom is -0.349 e. The summed E-state index contributed by atoms with van der Waals surface area (Å²) in [5, 5.41) is 3.12. The van der Waals surface area contributed by atoms with Crippen LogP contribution in [-0.4, -0.2) is 65.4 Å². The lowest BCUT2D eigenvalue weighted by atomic mass is 9.92. The van der Waals surface area contributed by atoms with Crippen LogP contribution in [0.25, 0.3) is 0 Å². The molecule has 2 saturated heterocycles. The van der Waals surface area contributed by atoms with Crippen molar-refractivity contribution >= 4 is 11.8 Å². The smallest absolute Gasteiger partial charge is 0.253 e. The predicted octanol–water partition coefficient (Wildman–Crippen LogP) is 3.58. The van der Waals surface area contributed by atoms with Crippen molar-refractivity contribution < 1.29 is 9.59 Å². The van der Waals surface area contributed by atoms with E-state index in [0.717, 1.165) is 70.0 Å². The van der Waals surface area contributed by atoms with E-state index in [9.17, 15) is 9.59 Å². The molecule has 1 aromatic rings. The van der Waals surface area contributed by atoms with Crippen LogP contribution in [0.2, 0.25) is 0 Å². The number of rotatable bonds is 6. The first kappa shape index (κ1) is 22.3. The molecule has 6 nitrogen and oxygen atoms in total. The molecule has 3 aliphatic rings. The molecule has 0 aromatic carbocycles. The molecule has 4 rings (SSSR count). The van der Waals surface area contributed by atoms with Crippen molar-refractivity contribution in [3.05, 3.63) is 29.6 Å². The number of carbonyl (C=O) groups excluding carboxylic acids is 2. The van der Waals surface area contributed by atoms with Gasteiger partial charge in [-0.1, -0.05) is 19.8 Å². The maximum absolute atomic E-state index is 12.7. The number of pyridine rings is 1. The second-order valence-electron chi connectivity index (χ2n) is 9.88. The third kappa shape index (κ3) is 6.06. The molecule has 0 bridgehead atoms. The van der Waals surface area contributed by atoms with E-state index in [-0.39, 0.29) is 5.91 Å². The van der Waals surface area contributed by atoms with E-state index in [2.05, 4.69) is 22.1 Å². The summed E-state index contributed by atoms with van der Waals surface area (Å²) in [4.78, 5) is 34.2. The zero-order valence-corrected chi connectivity index (χ0v) is 19.0. The fourth-order valence-corrected chi connectivity index (χ4v) is 5.45. The highest BCUT2D eigenvalue weighted by molar-refractivity contribution is 5.94. The topological polar surface area (TPSA) is 65.5 Å². The molecule has 1 N–H and O–H groups in total. The fraction of sp³-hybridized carbons (Fsp3) is 0.720. The van der Waals surface area contributed by atoms with E-state index >= 15 is 0 Å². The van der Waals surface area contributed by atoms with Crippen LogP contribution in [0.3, 0.4) is 0 Å². The molecule has 1 aliphatic carbocycles. The fourth-order valence-electron chi connectivity index (χ4n) is 5.45. The Hall–Kier alpha value is -1.95. The van der Waals surface area contributed by atoms with Gasteiger partial charge in [-0.05, 0) is 63.1 Å². The average molecular weight is 427 g/mol. The normalized spacial score (nSPS) is 23.8. The van der Waals surface area contributed by atoms with Crippen molar-refractivity contribution in [2.45, 2.75) is 76.7 Å². The van der Waals surface area contributed by atoms with Crippen LogP contribution < -0.4 is 5.32 Å². The molecule has 2 amide bonds. The summed E-state index contributed by atoms with van der Waals surface area (Å²) >= 11 is 0. The number of nitrogens with zero attached hydrogens (tertiary/aromatic N) is 3. The molecule has 3 fully saturated rings. The van der Waals surface area contributed by atoms with E-state index in [1.807, 2.05) is 17.0 Å². The number of hydrogen-bond acceptors (Lipinski definition) is 4. The molecule has 0 radical (unpaired) electrons. The summed E-state index contributed by atoms with van der Waals surface area (Å²) < 4.78 is 0. The Balaban J connectivity index is 1.21. The lowest BCUT2D eigenvalue weighted by molar-refractivity contribution is -0.132. The van der Waals surface area contributed by atoms with Crippen molar-refractivity contribution in [3.8, 4) is 0 Å². The number of likely N-dealkylation sites (tertiary alicyclic amines) is 2. The molecular weight excluding hydrogens is 388 g/mol. The van der Waals surface area contributed by atoms with Crippen molar-refractivity contribution in [1.29, 1.82) is 0 Å². The Bertz CT molecular complexity index is 736. The molecule has 0 unspecified atom stereocenters. The highest BCUT2D eigenvalue weighted by atomic mass is 16.2. The van der Waals surface area contributed by atoms with E-state index in [1.54, 1.807) is 6.20 Å². The van der Waals surface area contributed by atoms with Gasteiger partial charge >= 0.3 is 0 Å². The molecule has 170 valence electrons. The number of piperidine rings is 2. The number of aromatic nitrogens is 1. The molecule has 31 heavy (non-hydrogen) atoms. The van der Waals surface area contributed by atoms with Crippen LogP contribution in [-0.2, 0) is 4.79 Å². The van der Waals surface area contributed by atoms with Gasteiger partial charge < -0.3 is 15.1 Å². The van der Waals surface area contributed by atoms with Gasteiger partial charge in [0.25, 0.3) is 5.91 Å². The number of hydrogen-bond donors (Lipinski definition) is 1. The molecule has 1 atom stereocenters. The Kier molecular flexibility index (Phi) is 7.59. The maximum Gasteiger partial charge on any atom is 0.253 e. The maximum atomic E-state index is 12.7. The summed E-state index contributed by atoms with van der Waals surface area (Å²) in [6.45, 7) is 7.10. The summed E-state index contributed by atoms with van der Waals surface area (Å²) in [5.41, 5.74) is 1.70. The van der Waals surface area contributed by atoms with Gasteiger partial charge in [0, 0.05) is 56.5 Å². The minimum absolute atomic E-state index is 0.00512. The minimum atomic E-state index is -0.00512. The SMILES string of the molecule is C[C@H]1CCCN(CCC(=O)N2CCC(c3ccc(C(=O)NC4CCCC4)cn3)CC2)C1. The zero-order valence-electron chi connectivity index (χ0n) is 19.0. The van der Waals surface area contributed by atoms with Crippen LogP contribution >= 0.6 is 0 Å². The van der Waals surface area contributed by atoms with E-state index in [0.29, 0.717) is 29.9 Å². The quantitative estimate of drug-likeness (QED) is 0.755. The van der Waals surface area contributed by atoms with Gasteiger partial charge in [-0.15, -0.1) is 0 Å². The first-order valence-electron chi connectivity index (χ1n) is 12.4. The second kappa shape index (κ2) is 10.6. The van der Waals surface area contributed by atoms with Gasteiger partial charge in [0.2, 0.25) is 5.91 Å². The van der Waals surface area contributed by atoms with Gasteiger partial charge in [0.05, 0.1) is 5.56 Å². The molecule has 1 aromatic heterocycles. The van der Waals surface area contributed by atoms with Gasteiger partial charge in [0.15, 0.2) is 0 Å². The zero-order chi connectivity index (χ0) is 21.6. The summed E-state index contributed by atoms with van der Waals surface area (Å²) in [6.07, 6.45) is 11.4. The summed E-state index contributed by atoms with van der Waals surface area (Å²) in [6, 6.07) is 4.24. The number of carbonyl (C=O) groups is 2. The van der Waals surface area contributed by atoms with Crippen molar-refractivity contribution in [1.82, 2.24) is 20.1 Å². The van der Waals surface area contributed by atoms with Gasteiger partial charge in [0.1, 0.15) is 0 Å². The van der Waals surface area contributed by atoms with Crippen LogP contribution in [0, 0.1) is 5.92 Å². The standard InChI is InChI=1S/C25H38N4O2/c1-19-5-4-13-28(18-19)14-12-24(30)29-15-10-20(11-16-29)23-9-8-21(17-26-23)25(31)27-22-6-2-3-7-22/h8-9,17,19-20,22H,2-7,10-16,18H2,1H3,(H,27,31)/t19-/m0/s1. The predicted molar refractivity (Wildman–Crippen MR) is 122 cm³/mol. The molecule has 2 aliphatic heterocycles. The third-order valence-corrected chi connectivity index (χ3v) is 7.39. The highest BCUT2D eigenvalue weighted by Gasteiger charge is 2.26. The molecular formula is C25H38N4O2. The van der Waals surface area contributed by atoms with Crippen LogP contribution in [0.5, 0.6) is 0 Å². The molecule has 6 heteroatoms. The summed E-state index contributed by atoms with van der Waals surface area (Å²) in [5.74, 6) is 1.42. The van der Waals surface area contributed by atoms with E-state index in [1.165, 1.54) is 25.7 Å². The number of amides is 2. The lowest BCUT2D eigenvalue weighted by Gasteiger charge is -2.34. The Morgan fingerprint density at radius 3 is 2.48 bits per heavy atom. The van der Waals surface area contributed by atoms with Crippen molar-refractivity contribution in [3.63, 3.8) is 0 Å². The first-order chi connectivity index (χ1) is 15.1. The van der Waals surface area contributed by atoms with Crippen molar-refractivity contribution in [2.24, 2.45) is 5.92 Å². The van der Waals surface area contributed by atoms with Crippen LogP contribution in [0.4, 0.5) is 0 Å². The van der Waals surface area contributed by atoms with Crippen LogP contribution in [0.1, 0.15) is 86.7 Å². The Labute approximate surface area is 186 Å². The molecule has 1 saturated carbocycles. The van der Waals surface area contributed by atoms with E-state index < -0.39 is 0 Å². The average Bonchev–Trinajstić information content (AvgIpc) is 3.31. The first-order valence-corrected chi connectivity index (χ1v) is 12.4. The van der Waals surface area contributed by atoms with Crippen LogP contribution in [0.15, 0.2) is 18.3 Å². The van der Waals surface area contributed by atoms with Gasteiger partial charge in [-0.2, -0.15) is 0 Å². The monoisotopic (exact) mass is 426 g/mol. The lowest BCUT2D eigenvalue weighted by Crippen LogP contribution is -2.41. The number of nitrogens with one attached hydrogen (secondary N) is 1. The van der Waals surface area contributed by atoms with Crippen molar-refractivity contribution in [2.75, 3.05) is 32.7 Å².